The lowest BCUT2D eigenvalue weighted by atomic mass is 9.88. The van der Waals surface area contributed by atoms with Crippen LogP contribution in [0.25, 0.3) is 22.7 Å². The van der Waals surface area contributed by atoms with E-state index in [0.29, 0.717) is 34.6 Å². The fourth-order valence-corrected chi connectivity index (χ4v) is 4.64. The second kappa shape index (κ2) is 7.29. The summed E-state index contributed by atoms with van der Waals surface area (Å²) in [5, 5.41) is 19.7. The Bertz CT molecular complexity index is 1700. The number of nitrogens with zero attached hydrogens (tertiary/aromatic N) is 6. The molecule has 1 atom stereocenters. The first kappa shape index (κ1) is 19.5. The number of hydrogen-bond acceptors (Lipinski definition) is 7. The normalized spacial score (nSPS) is 14.5. The predicted octanol–water partition coefficient (Wildman–Crippen LogP) is 4.87. The van der Waals surface area contributed by atoms with Crippen LogP contribution in [-0.4, -0.2) is 34.5 Å². The number of rotatable bonds is 3. The summed E-state index contributed by atoms with van der Waals surface area (Å²) < 4.78 is 15.7. The quantitative estimate of drug-likeness (QED) is 0.400. The summed E-state index contributed by atoms with van der Waals surface area (Å²) in [6, 6.07) is 20.6. The number of para-hydroxylation sites is 2. The summed E-state index contributed by atoms with van der Waals surface area (Å²) in [4.78, 5) is 9.36. The molecule has 6 aromatic rings. The molecule has 0 radical (unpaired) electrons. The monoisotopic (exact) mass is 462 g/mol. The maximum absolute atomic E-state index is 10.4. The highest BCUT2D eigenvalue weighted by atomic mass is 16.5. The second-order valence-corrected chi connectivity index (χ2v) is 8.29. The number of fused-ring (bicyclic) bond motifs is 4. The number of aryl methyl sites for hydroxylation is 1. The van der Waals surface area contributed by atoms with Crippen LogP contribution in [0.1, 0.15) is 28.5 Å². The van der Waals surface area contributed by atoms with Gasteiger partial charge in [-0.2, -0.15) is 5.10 Å². The largest absolute Gasteiger partial charge is 0.507 e. The molecule has 35 heavy (non-hydrogen) atoms. The van der Waals surface area contributed by atoms with E-state index >= 15 is 0 Å². The molecule has 0 amide bonds. The van der Waals surface area contributed by atoms with Gasteiger partial charge < -0.3 is 14.3 Å². The Morgan fingerprint density at radius 3 is 2.54 bits per heavy atom. The molecule has 5 heterocycles. The molecule has 0 bridgehead atoms. The van der Waals surface area contributed by atoms with Gasteiger partial charge in [0, 0.05) is 0 Å². The Balaban J connectivity index is 1.49. The van der Waals surface area contributed by atoms with Gasteiger partial charge in [-0.1, -0.05) is 30.3 Å². The van der Waals surface area contributed by atoms with E-state index in [1.807, 2.05) is 55.5 Å². The van der Waals surface area contributed by atoms with Crippen LogP contribution in [0, 0.1) is 6.92 Å². The smallest absolute Gasteiger partial charge is 0.230 e. The van der Waals surface area contributed by atoms with Crippen molar-refractivity contribution in [2.24, 2.45) is 0 Å². The molecular formula is C26H18N6O3. The van der Waals surface area contributed by atoms with Gasteiger partial charge in [0.2, 0.25) is 11.8 Å². The summed E-state index contributed by atoms with van der Waals surface area (Å²) in [6.07, 6.45) is 3.21. The fourth-order valence-electron chi connectivity index (χ4n) is 4.64. The van der Waals surface area contributed by atoms with Crippen molar-refractivity contribution in [1.82, 2.24) is 29.4 Å². The van der Waals surface area contributed by atoms with Crippen LogP contribution in [0.3, 0.4) is 0 Å². The molecule has 0 unspecified atom stereocenters. The number of furan rings is 1. The summed E-state index contributed by atoms with van der Waals surface area (Å²) >= 11 is 0. The highest BCUT2D eigenvalue weighted by molar-refractivity contribution is 5.70. The zero-order valence-corrected chi connectivity index (χ0v) is 18.5. The van der Waals surface area contributed by atoms with Gasteiger partial charge in [-0.15, -0.1) is 5.10 Å². The van der Waals surface area contributed by atoms with Crippen molar-refractivity contribution in [3.63, 3.8) is 0 Å². The number of hydrogen-bond donors (Lipinski definition) is 1. The predicted molar refractivity (Wildman–Crippen MR) is 126 cm³/mol. The Morgan fingerprint density at radius 2 is 1.74 bits per heavy atom. The summed E-state index contributed by atoms with van der Waals surface area (Å²) in [6.45, 7) is 1.95. The zero-order chi connectivity index (χ0) is 23.5. The van der Waals surface area contributed by atoms with Gasteiger partial charge in [-0.3, -0.25) is 0 Å². The highest BCUT2D eigenvalue weighted by Gasteiger charge is 2.39. The Kier molecular flexibility index (Phi) is 4.07. The van der Waals surface area contributed by atoms with E-state index in [1.54, 1.807) is 40.0 Å². The van der Waals surface area contributed by atoms with Gasteiger partial charge in [0.1, 0.15) is 17.8 Å². The number of ether oxygens (including phenoxy) is 1. The molecule has 0 saturated carbocycles. The van der Waals surface area contributed by atoms with E-state index in [9.17, 15) is 5.11 Å². The zero-order valence-electron chi connectivity index (χ0n) is 18.5. The molecular weight excluding hydrogens is 444 g/mol. The second-order valence-electron chi connectivity index (χ2n) is 8.29. The summed E-state index contributed by atoms with van der Waals surface area (Å²) in [5.74, 6) is 1.83. The lowest BCUT2D eigenvalue weighted by Gasteiger charge is -2.24. The fraction of sp³-hybridized carbons (Fsp3) is 0.0769. The average molecular weight is 462 g/mol. The van der Waals surface area contributed by atoms with Gasteiger partial charge in [0.05, 0.1) is 40.3 Å². The van der Waals surface area contributed by atoms with Gasteiger partial charge >= 0.3 is 0 Å². The number of aromatic nitrogens is 6. The van der Waals surface area contributed by atoms with E-state index in [4.69, 9.17) is 19.2 Å². The van der Waals surface area contributed by atoms with Crippen molar-refractivity contribution < 1.29 is 14.3 Å². The van der Waals surface area contributed by atoms with Crippen LogP contribution in [-0.2, 0) is 0 Å². The molecule has 0 aliphatic carbocycles. The van der Waals surface area contributed by atoms with E-state index in [2.05, 4.69) is 10.1 Å². The molecule has 0 fully saturated rings. The van der Waals surface area contributed by atoms with Crippen molar-refractivity contribution in [2.75, 3.05) is 0 Å². The number of phenolic OH excluding ortho intramolecular Hbond substituents is 1. The SMILES string of the molecule is Cc1nn(-c2ccccc2)c2c1[C@H](c1ccco1)c1c(ncn3nc(-c4ccccc4O)nc13)O2. The topological polar surface area (TPSA) is 104 Å². The van der Waals surface area contributed by atoms with Gasteiger partial charge in [-0.05, 0) is 43.3 Å². The minimum absolute atomic E-state index is 0.103. The Hall–Kier alpha value is -4.92. The molecule has 9 nitrogen and oxygen atoms in total. The standard InChI is InChI=1S/C26H18N6O3/c1-15-20-21(19-12-7-13-34-19)22-24-28-23(17-10-5-6-11-18(17)33)30-31(24)14-27-25(22)35-26(20)32(29-15)16-8-3-2-4-9-16/h2-14,21,33H,1H3/t21-/m0/s1. The van der Waals surface area contributed by atoms with E-state index in [1.165, 1.54) is 0 Å². The maximum Gasteiger partial charge on any atom is 0.230 e. The van der Waals surface area contributed by atoms with Crippen molar-refractivity contribution in [3.05, 3.63) is 102 Å². The maximum atomic E-state index is 10.4. The highest BCUT2D eigenvalue weighted by Crippen LogP contribution is 2.49. The first-order valence-electron chi connectivity index (χ1n) is 11.1. The van der Waals surface area contributed by atoms with Crippen molar-refractivity contribution >= 4 is 5.65 Å². The van der Waals surface area contributed by atoms with Gasteiger partial charge in [-0.25, -0.2) is 19.2 Å². The van der Waals surface area contributed by atoms with Crippen LogP contribution < -0.4 is 4.74 Å². The number of benzene rings is 2. The van der Waals surface area contributed by atoms with E-state index in [-0.39, 0.29) is 11.7 Å². The lowest BCUT2D eigenvalue weighted by Crippen LogP contribution is -2.15. The van der Waals surface area contributed by atoms with Crippen molar-refractivity contribution in [1.29, 1.82) is 0 Å². The van der Waals surface area contributed by atoms with Crippen LogP contribution in [0.4, 0.5) is 0 Å². The number of phenols is 1. The minimum Gasteiger partial charge on any atom is -0.507 e. The third-order valence-corrected chi connectivity index (χ3v) is 6.19. The van der Waals surface area contributed by atoms with Crippen LogP contribution >= 0.6 is 0 Å². The third kappa shape index (κ3) is 2.88. The molecule has 7 rings (SSSR count). The minimum atomic E-state index is -0.362. The van der Waals surface area contributed by atoms with Crippen LogP contribution in [0.2, 0.25) is 0 Å². The molecule has 9 heteroatoms. The van der Waals surface area contributed by atoms with E-state index < -0.39 is 0 Å². The third-order valence-electron chi connectivity index (χ3n) is 6.19. The molecule has 0 spiro atoms. The molecule has 2 aromatic carbocycles. The van der Waals surface area contributed by atoms with Gasteiger partial charge in [0.15, 0.2) is 11.5 Å². The van der Waals surface area contributed by atoms with Crippen LogP contribution in [0.15, 0.2) is 83.7 Å². The van der Waals surface area contributed by atoms with Gasteiger partial charge in [0.25, 0.3) is 0 Å². The molecule has 4 aromatic heterocycles. The molecule has 170 valence electrons. The summed E-state index contributed by atoms with van der Waals surface area (Å²) in [7, 11) is 0. The summed E-state index contributed by atoms with van der Waals surface area (Å²) in [5.41, 5.74) is 4.37. The van der Waals surface area contributed by atoms with E-state index in [0.717, 1.165) is 22.5 Å². The van der Waals surface area contributed by atoms with Crippen LogP contribution in [0.5, 0.6) is 17.5 Å². The van der Waals surface area contributed by atoms with Crippen molar-refractivity contribution in [2.45, 2.75) is 12.8 Å². The van der Waals surface area contributed by atoms with Crippen molar-refractivity contribution in [3.8, 4) is 34.6 Å². The Morgan fingerprint density at radius 1 is 0.914 bits per heavy atom. The molecule has 1 N–H and O–H groups in total. The lowest BCUT2D eigenvalue weighted by molar-refractivity contribution is 0.392. The number of aromatic hydroxyl groups is 1. The first-order valence-corrected chi connectivity index (χ1v) is 11.1. The molecule has 1 aliphatic heterocycles. The molecule has 1 aliphatic rings. The molecule has 0 saturated heterocycles. The average Bonchev–Trinajstić information content (AvgIpc) is 3.63. The Labute approximate surface area is 198 Å². The first-order chi connectivity index (χ1) is 17.2.